The SMILES string of the molecule is CC1SCCN(CC2(CO)CCCOC2)C1C. The minimum atomic E-state index is -0.00572. The van der Waals surface area contributed by atoms with Crippen LogP contribution in [0, 0.1) is 5.41 Å². The van der Waals surface area contributed by atoms with Crippen LogP contribution in [0.5, 0.6) is 0 Å². The number of aliphatic hydroxyl groups is 1. The zero-order valence-corrected chi connectivity index (χ0v) is 11.8. The third-order valence-corrected chi connectivity index (χ3v) is 5.63. The topological polar surface area (TPSA) is 32.7 Å². The van der Waals surface area contributed by atoms with Crippen LogP contribution in [0.4, 0.5) is 0 Å². The van der Waals surface area contributed by atoms with Crippen LogP contribution in [0.2, 0.25) is 0 Å². The van der Waals surface area contributed by atoms with E-state index in [0.29, 0.717) is 11.3 Å². The van der Waals surface area contributed by atoms with Crippen LogP contribution in [0.3, 0.4) is 0 Å². The average molecular weight is 259 g/mol. The number of rotatable bonds is 3. The van der Waals surface area contributed by atoms with Gasteiger partial charge in [0, 0.05) is 42.2 Å². The molecule has 2 saturated heterocycles. The van der Waals surface area contributed by atoms with Crippen molar-refractivity contribution in [3.63, 3.8) is 0 Å². The molecule has 2 aliphatic rings. The molecule has 2 aliphatic heterocycles. The highest BCUT2D eigenvalue weighted by Gasteiger charge is 2.37. The first kappa shape index (κ1) is 13.7. The van der Waals surface area contributed by atoms with Crippen molar-refractivity contribution in [2.75, 3.05) is 38.7 Å². The molecule has 4 heteroatoms. The first-order valence-corrected chi connectivity index (χ1v) is 7.76. The summed E-state index contributed by atoms with van der Waals surface area (Å²) in [4.78, 5) is 2.55. The Bertz CT molecular complexity index is 244. The van der Waals surface area contributed by atoms with E-state index in [4.69, 9.17) is 4.74 Å². The van der Waals surface area contributed by atoms with Gasteiger partial charge in [0.05, 0.1) is 13.2 Å². The zero-order valence-electron chi connectivity index (χ0n) is 11.0. The normalized spacial score (nSPS) is 40.4. The molecule has 100 valence electrons. The second kappa shape index (κ2) is 5.91. The Hall–Kier alpha value is 0.230. The fraction of sp³-hybridized carbons (Fsp3) is 1.00. The van der Waals surface area contributed by atoms with E-state index < -0.39 is 0 Å². The Morgan fingerprint density at radius 1 is 1.47 bits per heavy atom. The quantitative estimate of drug-likeness (QED) is 0.834. The van der Waals surface area contributed by atoms with E-state index >= 15 is 0 Å². The second-order valence-corrected chi connectivity index (χ2v) is 7.09. The lowest BCUT2D eigenvalue weighted by Gasteiger charge is -2.45. The van der Waals surface area contributed by atoms with E-state index in [0.717, 1.165) is 39.1 Å². The van der Waals surface area contributed by atoms with Crippen molar-refractivity contribution < 1.29 is 9.84 Å². The van der Waals surface area contributed by atoms with Crippen LogP contribution in [0.1, 0.15) is 26.7 Å². The minimum absolute atomic E-state index is 0.00572. The molecule has 2 rings (SSSR count). The lowest BCUT2D eigenvalue weighted by atomic mass is 9.82. The van der Waals surface area contributed by atoms with Crippen LogP contribution >= 0.6 is 11.8 Å². The molecule has 0 aromatic rings. The van der Waals surface area contributed by atoms with Crippen LogP contribution < -0.4 is 0 Å². The van der Waals surface area contributed by atoms with Crippen LogP contribution in [-0.4, -0.2) is 60.0 Å². The Morgan fingerprint density at radius 3 is 2.94 bits per heavy atom. The minimum Gasteiger partial charge on any atom is -0.396 e. The van der Waals surface area contributed by atoms with Gasteiger partial charge in [-0.05, 0) is 19.8 Å². The summed E-state index contributed by atoms with van der Waals surface area (Å²) in [5.41, 5.74) is -0.00572. The molecule has 2 heterocycles. The van der Waals surface area contributed by atoms with Gasteiger partial charge >= 0.3 is 0 Å². The van der Waals surface area contributed by atoms with Gasteiger partial charge < -0.3 is 9.84 Å². The highest BCUT2D eigenvalue weighted by atomic mass is 32.2. The molecule has 1 N–H and O–H groups in total. The molecule has 3 unspecified atom stereocenters. The molecule has 0 saturated carbocycles. The van der Waals surface area contributed by atoms with E-state index in [-0.39, 0.29) is 12.0 Å². The lowest BCUT2D eigenvalue weighted by molar-refractivity contribution is -0.0596. The largest absolute Gasteiger partial charge is 0.396 e. The molecular weight excluding hydrogens is 234 g/mol. The number of hydrogen-bond acceptors (Lipinski definition) is 4. The third kappa shape index (κ3) is 3.16. The second-order valence-electron chi connectivity index (χ2n) is 5.60. The molecule has 0 aromatic carbocycles. The van der Waals surface area contributed by atoms with Gasteiger partial charge in [-0.3, -0.25) is 4.90 Å². The van der Waals surface area contributed by atoms with Crippen molar-refractivity contribution in [2.24, 2.45) is 5.41 Å². The summed E-state index contributed by atoms with van der Waals surface area (Å²) in [5.74, 6) is 1.22. The summed E-state index contributed by atoms with van der Waals surface area (Å²) in [7, 11) is 0. The number of ether oxygens (including phenoxy) is 1. The molecule has 3 nitrogen and oxygen atoms in total. The van der Waals surface area contributed by atoms with E-state index in [9.17, 15) is 5.11 Å². The summed E-state index contributed by atoms with van der Waals surface area (Å²) < 4.78 is 5.59. The Morgan fingerprint density at radius 2 is 2.29 bits per heavy atom. The summed E-state index contributed by atoms with van der Waals surface area (Å²) >= 11 is 2.06. The molecule has 0 bridgehead atoms. The molecular formula is C13H25NO2S. The standard InChI is InChI=1S/C13H25NO2S/c1-11-12(2)17-7-5-14(11)8-13(9-15)4-3-6-16-10-13/h11-12,15H,3-10H2,1-2H3. The highest BCUT2D eigenvalue weighted by molar-refractivity contribution is 8.00. The maximum Gasteiger partial charge on any atom is 0.0556 e. The van der Waals surface area contributed by atoms with Crippen LogP contribution in [0.25, 0.3) is 0 Å². The molecule has 0 spiro atoms. The van der Waals surface area contributed by atoms with Crippen molar-refractivity contribution >= 4 is 11.8 Å². The molecule has 0 radical (unpaired) electrons. The van der Waals surface area contributed by atoms with Gasteiger partial charge in [0.2, 0.25) is 0 Å². The average Bonchev–Trinajstić information content (AvgIpc) is 2.36. The van der Waals surface area contributed by atoms with E-state index in [1.807, 2.05) is 0 Å². The first-order chi connectivity index (χ1) is 8.17. The van der Waals surface area contributed by atoms with Crippen molar-refractivity contribution in [1.82, 2.24) is 4.90 Å². The molecule has 17 heavy (non-hydrogen) atoms. The van der Waals surface area contributed by atoms with E-state index in [2.05, 4.69) is 30.5 Å². The number of nitrogens with zero attached hydrogens (tertiary/aromatic N) is 1. The smallest absolute Gasteiger partial charge is 0.0556 e. The van der Waals surface area contributed by atoms with Gasteiger partial charge in [-0.15, -0.1) is 0 Å². The third-order valence-electron chi connectivity index (χ3n) is 4.29. The van der Waals surface area contributed by atoms with Crippen molar-refractivity contribution in [3.8, 4) is 0 Å². The fourth-order valence-corrected chi connectivity index (χ4v) is 4.02. The zero-order chi connectivity index (χ0) is 12.3. The van der Waals surface area contributed by atoms with Gasteiger partial charge in [-0.25, -0.2) is 0 Å². The Balaban J connectivity index is 1.97. The summed E-state index contributed by atoms with van der Waals surface area (Å²) in [6.45, 7) is 8.62. The maximum atomic E-state index is 9.71. The number of hydrogen-bond donors (Lipinski definition) is 1. The van der Waals surface area contributed by atoms with E-state index in [1.165, 1.54) is 5.75 Å². The van der Waals surface area contributed by atoms with Crippen molar-refractivity contribution in [3.05, 3.63) is 0 Å². The van der Waals surface area contributed by atoms with Gasteiger partial charge in [-0.2, -0.15) is 11.8 Å². The molecule has 0 aliphatic carbocycles. The van der Waals surface area contributed by atoms with Crippen LogP contribution in [0.15, 0.2) is 0 Å². The van der Waals surface area contributed by atoms with Gasteiger partial charge in [0.25, 0.3) is 0 Å². The van der Waals surface area contributed by atoms with Gasteiger partial charge in [0.1, 0.15) is 0 Å². The van der Waals surface area contributed by atoms with E-state index in [1.54, 1.807) is 0 Å². The predicted octanol–water partition coefficient (Wildman–Crippen LogP) is 1.60. The number of aliphatic hydroxyl groups excluding tert-OH is 1. The molecule has 3 atom stereocenters. The monoisotopic (exact) mass is 259 g/mol. The molecule has 2 fully saturated rings. The van der Waals surface area contributed by atoms with Gasteiger partial charge in [0.15, 0.2) is 0 Å². The first-order valence-electron chi connectivity index (χ1n) is 6.71. The molecule has 0 amide bonds. The highest BCUT2D eigenvalue weighted by Crippen LogP contribution is 2.32. The molecule has 0 aromatic heterocycles. The number of thioether (sulfide) groups is 1. The van der Waals surface area contributed by atoms with Crippen molar-refractivity contribution in [1.29, 1.82) is 0 Å². The fourth-order valence-electron chi connectivity index (χ4n) is 2.86. The summed E-state index contributed by atoms with van der Waals surface area (Å²) in [6, 6.07) is 0.610. The predicted molar refractivity (Wildman–Crippen MR) is 72.5 cm³/mol. The lowest BCUT2D eigenvalue weighted by Crippen LogP contribution is -2.52. The summed E-state index contributed by atoms with van der Waals surface area (Å²) in [6.07, 6.45) is 2.20. The van der Waals surface area contributed by atoms with Gasteiger partial charge in [-0.1, -0.05) is 6.92 Å². The summed E-state index contributed by atoms with van der Waals surface area (Å²) in [5, 5.41) is 10.4. The van der Waals surface area contributed by atoms with Crippen molar-refractivity contribution in [2.45, 2.75) is 38.0 Å². The van der Waals surface area contributed by atoms with Crippen LogP contribution in [-0.2, 0) is 4.74 Å². The Labute approximate surface area is 109 Å². The maximum absolute atomic E-state index is 9.71. The Kier molecular flexibility index (Phi) is 4.75.